The zero-order valence-electron chi connectivity index (χ0n) is 8.89. The standard InChI is InChI=1S/C10H13FN2O3.ClH/c11-6-2-1-5(10(15)16)9(14)8(6)7(13)3-4-12;/h1-2,7,14H,3-4,12-13H2,(H,15,16);1H/t7-;/m0./s1. The van der Waals surface area contributed by atoms with Gasteiger partial charge in [0.25, 0.3) is 0 Å². The second-order valence-corrected chi connectivity index (χ2v) is 3.35. The summed E-state index contributed by atoms with van der Waals surface area (Å²) in [5.41, 5.74) is 10.3. The molecule has 0 radical (unpaired) electrons. The molecular weight excluding hydrogens is 251 g/mol. The number of hydrogen-bond donors (Lipinski definition) is 4. The molecular formula is C10H14ClFN2O3. The molecule has 0 unspecified atom stereocenters. The summed E-state index contributed by atoms with van der Waals surface area (Å²) >= 11 is 0. The van der Waals surface area contributed by atoms with E-state index >= 15 is 0 Å². The molecule has 0 saturated heterocycles. The van der Waals surface area contributed by atoms with Gasteiger partial charge in [-0.05, 0) is 25.1 Å². The topological polar surface area (TPSA) is 110 Å². The van der Waals surface area contributed by atoms with Crippen LogP contribution in [-0.4, -0.2) is 22.7 Å². The zero-order valence-corrected chi connectivity index (χ0v) is 9.71. The SMILES string of the molecule is Cl.NCC[C@H](N)c1c(F)ccc(C(=O)O)c1O. The molecule has 1 aromatic rings. The van der Waals surface area contributed by atoms with E-state index in [4.69, 9.17) is 16.6 Å². The van der Waals surface area contributed by atoms with Crippen molar-refractivity contribution in [2.45, 2.75) is 12.5 Å². The maximum Gasteiger partial charge on any atom is 0.339 e. The van der Waals surface area contributed by atoms with E-state index in [0.29, 0.717) is 0 Å². The molecule has 0 amide bonds. The predicted molar refractivity (Wildman–Crippen MR) is 62.9 cm³/mol. The van der Waals surface area contributed by atoms with E-state index in [9.17, 15) is 14.3 Å². The number of benzene rings is 1. The van der Waals surface area contributed by atoms with E-state index in [-0.39, 0.29) is 36.5 Å². The number of phenols is 1. The fourth-order valence-corrected chi connectivity index (χ4v) is 1.43. The van der Waals surface area contributed by atoms with Crippen LogP contribution < -0.4 is 11.5 Å². The first-order valence-corrected chi connectivity index (χ1v) is 4.69. The van der Waals surface area contributed by atoms with E-state index in [1.807, 2.05) is 0 Å². The Kier molecular flexibility index (Phi) is 5.87. The molecule has 0 aliphatic rings. The van der Waals surface area contributed by atoms with E-state index in [1.54, 1.807) is 0 Å². The van der Waals surface area contributed by atoms with Gasteiger partial charge in [-0.15, -0.1) is 12.4 Å². The van der Waals surface area contributed by atoms with Crippen molar-refractivity contribution in [3.8, 4) is 5.75 Å². The second kappa shape index (κ2) is 6.39. The van der Waals surface area contributed by atoms with Crippen molar-refractivity contribution in [1.29, 1.82) is 0 Å². The van der Waals surface area contributed by atoms with Gasteiger partial charge in [-0.3, -0.25) is 0 Å². The lowest BCUT2D eigenvalue weighted by Crippen LogP contribution is -2.17. The normalized spacial score (nSPS) is 11.7. The van der Waals surface area contributed by atoms with Gasteiger partial charge >= 0.3 is 5.97 Å². The molecule has 96 valence electrons. The summed E-state index contributed by atoms with van der Waals surface area (Å²) in [6, 6.07) is 1.14. The number of aromatic carboxylic acids is 1. The Morgan fingerprint density at radius 2 is 2.06 bits per heavy atom. The van der Waals surface area contributed by atoms with E-state index in [1.165, 1.54) is 0 Å². The average molecular weight is 265 g/mol. The van der Waals surface area contributed by atoms with Crippen LogP contribution in [0.2, 0.25) is 0 Å². The molecule has 0 saturated carbocycles. The molecule has 7 heteroatoms. The van der Waals surface area contributed by atoms with E-state index in [0.717, 1.165) is 12.1 Å². The molecule has 5 nitrogen and oxygen atoms in total. The molecule has 0 spiro atoms. The number of carboxylic acid groups (broad SMARTS) is 1. The fourth-order valence-electron chi connectivity index (χ4n) is 1.43. The van der Waals surface area contributed by atoms with Crippen LogP contribution in [0.4, 0.5) is 4.39 Å². The Balaban J connectivity index is 0.00000256. The Morgan fingerprint density at radius 3 is 2.53 bits per heavy atom. The van der Waals surface area contributed by atoms with Crippen molar-refractivity contribution in [3.05, 3.63) is 29.1 Å². The highest BCUT2D eigenvalue weighted by atomic mass is 35.5. The van der Waals surface area contributed by atoms with Gasteiger partial charge in [0, 0.05) is 11.6 Å². The van der Waals surface area contributed by atoms with Gasteiger partial charge in [0.15, 0.2) is 0 Å². The Labute approximate surface area is 104 Å². The predicted octanol–water partition coefficient (Wildman–Crippen LogP) is 1.000. The Bertz CT molecular complexity index is 415. The van der Waals surface area contributed by atoms with Crippen molar-refractivity contribution in [1.82, 2.24) is 0 Å². The van der Waals surface area contributed by atoms with Crippen molar-refractivity contribution >= 4 is 18.4 Å². The smallest absolute Gasteiger partial charge is 0.339 e. The third kappa shape index (κ3) is 3.29. The summed E-state index contributed by atoms with van der Waals surface area (Å²) in [6.45, 7) is 0.220. The van der Waals surface area contributed by atoms with Gasteiger partial charge in [0.1, 0.15) is 17.1 Å². The van der Waals surface area contributed by atoms with Gasteiger partial charge < -0.3 is 21.7 Å². The van der Waals surface area contributed by atoms with Crippen molar-refractivity contribution in [2.75, 3.05) is 6.54 Å². The van der Waals surface area contributed by atoms with Gasteiger partial charge in [0.05, 0.1) is 0 Å². The molecule has 0 aromatic heterocycles. The lowest BCUT2D eigenvalue weighted by Gasteiger charge is -2.14. The fraction of sp³-hybridized carbons (Fsp3) is 0.300. The molecule has 1 rings (SSSR count). The average Bonchev–Trinajstić information content (AvgIpc) is 2.17. The third-order valence-corrected chi connectivity index (χ3v) is 2.24. The highest BCUT2D eigenvalue weighted by molar-refractivity contribution is 5.91. The van der Waals surface area contributed by atoms with Crippen LogP contribution in [-0.2, 0) is 0 Å². The molecule has 0 fully saturated rings. The number of carboxylic acids is 1. The maximum atomic E-state index is 13.4. The van der Waals surface area contributed by atoms with Crippen LogP contribution >= 0.6 is 12.4 Å². The Hall–Kier alpha value is -1.37. The van der Waals surface area contributed by atoms with Crippen molar-refractivity contribution < 1.29 is 19.4 Å². The first-order chi connectivity index (χ1) is 7.49. The number of halogens is 2. The first kappa shape index (κ1) is 15.6. The molecule has 1 atom stereocenters. The molecule has 17 heavy (non-hydrogen) atoms. The molecule has 0 heterocycles. The maximum absolute atomic E-state index is 13.4. The summed E-state index contributed by atoms with van der Waals surface area (Å²) in [6.07, 6.45) is 0.257. The monoisotopic (exact) mass is 264 g/mol. The van der Waals surface area contributed by atoms with Crippen LogP contribution in [0.1, 0.15) is 28.4 Å². The molecule has 6 N–H and O–H groups in total. The lowest BCUT2D eigenvalue weighted by molar-refractivity contribution is 0.0693. The minimum absolute atomic E-state index is 0. The highest BCUT2D eigenvalue weighted by Gasteiger charge is 2.21. The van der Waals surface area contributed by atoms with Crippen molar-refractivity contribution in [2.24, 2.45) is 11.5 Å². The minimum atomic E-state index is -1.33. The Morgan fingerprint density at radius 1 is 1.47 bits per heavy atom. The zero-order chi connectivity index (χ0) is 12.3. The van der Waals surface area contributed by atoms with Gasteiger partial charge in [-0.25, -0.2) is 9.18 Å². The highest BCUT2D eigenvalue weighted by Crippen LogP contribution is 2.30. The van der Waals surface area contributed by atoms with Gasteiger partial charge in [-0.1, -0.05) is 0 Å². The summed E-state index contributed by atoms with van der Waals surface area (Å²) in [5.74, 6) is -2.70. The number of hydrogen-bond acceptors (Lipinski definition) is 4. The summed E-state index contributed by atoms with van der Waals surface area (Å²) in [5, 5.41) is 18.3. The van der Waals surface area contributed by atoms with Gasteiger partial charge in [0.2, 0.25) is 0 Å². The summed E-state index contributed by atoms with van der Waals surface area (Å²) in [4.78, 5) is 10.7. The van der Waals surface area contributed by atoms with Crippen LogP contribution in [0, 0.1) is 5.82 Å². The molecule has 0 aliphatic carbocycles. The molecule has 1 aromatic carbocycles. The second-order valence-electron chi connectivity index (χ2n) is 3.35. The van der Waals surface area contributed by atoms with Crippen LogP contribution in [0.5, 0.6) is 5.75 Å². The van der Waals surface area contributed by atoms with Crippen molar-refractivity contribution in [3.63, 3.8) is 0 Å². The van der Waals surface area contributed by atoms with Crippen LogP contribution in [0.25, 0.3) is 0 Å². The van der Waals surface area contributed by atoms with E-state index < -0.39 is 23.6 Å². The summed E-state index contributed by atoms with van der Waals surface area (Å²) < 4.78 is 13.4. The quantitative estimate of drug-likeness (QED) is 0.649. The number of aromatic hydroxyl groups is 1. The number of carbonyl (C=O) groups is 1. The molecule has 0 aliphatic heterocycles. The first-order valence-electron chi connectivity index (χ1n) is 4.69. The largest absolute Gasteiger partial charge is 0.507 e. The summed E-state index contributed by atoms with van der Waals surface area (Å²) in [7, 11) is 0. The lowest BCUT2D eigenvalue weighted by atomic mass is 9.99. The van der Waals surface area contributed by atoms with Crippen LogP contribution in [0.15, 0.2) is 12.1 Å². The number of rotatable bonds is 4. The van der Waals surface area contributed by atoms with Gasteiger partial charge in [-0.2, -0.15) is 0 Å². The van der Waals surface area contributed by atoms with E-state index in [2.05, 4.69) is 0 Å². The van der Waals surface area contributed by atoms with Crippen LogP contribution in [0.3, 0.4) is 0 Å². The minimum Gasteiger partial charge on any atom is -0.507 e. The third-order valence-electron chi connectivity index (χ3n) is 2.24. The number of nitrogens with two attached hydrogens (primary N) is 2. The molecule has 0 bridgehead atoms.